The molecule has 3 N–H and O–H groups in total. The Morgan fingerprint density at radius 2 is 2.05 bits per heavy atom. The van der Waals surface area contributed by atoms with Crippen LogP contribution in [0.25, 0.3) is 0 Å². The van der Waals surface area contributed by atoms with Crippen molar-refractivity contribution in [2.24, 2.45) is 0 Å². The largest absolute Gasteiger partial charge is 0.481 e. The number of hydrogen-bond acceptors (Lipinski definition) is 4. The minimum Gasteiger partial charge on any atom is -0.481 e. The van der Waals surface area contributed by atoms with Crippen LogP contribution in [0.15, 0.2) is 24.3 Å². The lowest BCUT2D eigenvalue weighted by Crippen LogP contribution is -2.47. The van der Waals surface area contributed by atoms with Gasteiger partial charge in [0.05, 0.1) is 18.1 Å². The van der Waals surface area contributed by atoms with E-state index in [1.807, 2.05) is 24.3 Å². The van der Waals surface area contributed by atoms with Crippen molar-refractivity contribution in [3.8, 4) is 0 Å². The van der Waals surface area contributed by atoms with Gasteiger partial charge >= 0.3 is 5.97 Å². The second-order valence-corrected chi connectivity index (χ2v) is 5.66. The molecule has 3 rings (SSSR count). The predicted molar refractivity (Wildman–Crippen MR) is 74.7 cm³/mol. The van der Waals surface area contributed by atoms with Crippen molar-refractivity contribution in [1.82, 2.24) is 10.2 Å². The molecule has 21 heavy (non-hydrogen) atoms. The summed E-state index contributed by atoms with van der Waals surface area (Å²) in [6.45, 7) is 1.01. The number of fused-ring (bicyclic) bond motifs is 1. The molecule has 2 aliphatic rings. The number of aliphatic carboxylic acids is 1. The summed E-state index contributed by atoms with van der Waals surface area (Å²) in [6, 6.07) is 6.93. The van der Waals surface area contributed by atoms with Crippen LogP contribution in [0.4, 0.5) is 0 Å². The molecule has 0 spiro atoms. The maximum absolute atomic E-state index is 12.5. The summed E-state index contributed by atoms with van der Waals surface area (Å²) in [7, 11) is 0. The highest BCUT2D eigenvalue weighted by atomic mass is 16.4. The number of nitrogens with zero attached hydrogens (tertiary/aromatic N) is 1. The minimum absolute atomic E-state index is 0.132. The van der Waals surface area contributed by atoms with Gasteiger partial charge in [-0.2, -0.15) is 0 Å². The molecule has 0 saturated carbocycles. The summed E-state index contributed by atoms with van der Waals surface area (Å²) in [4.78, 5) is 25.5. The third-order valence-electron chi connectivity index (χ3n) is 4.21. The van der Waals surface area contributed by atoms with Crippen LogP contribution in [-0.4, -0.2) is 52.2 Å². The van der Waals surface area contributed by atoms with Gasteiger partial charge < -0.3 is 20.4 Å². The lowest BCUT2D eigenvalue weighted by Gasteiger charge is -2.34. The maximum Gasteiger partial charge on any atom is 0.312 e. The second-order valence-electron chi connectivity index (χ2n) is 5.66. The fraction of sp³-hybridized carbons (Fsp3) is 0.467. The van der Waals surface area contributed by atoms with Gasteiger partial charge in [0, 0.05) is 19.6 Å². The van der Waals surface area contributed by atoms with Gasteiger partial charge in [-0.25, -0.2) is 0 Å². The zero-order valence-electron chi connectivity index (χ0n) is 11.5. The van der Waals surface area contributed by atoms with Crippen molar-refractivity contribution >= 4 is 11.9 Å². The fourth-order valence-electron chi connectivity index (χ4n) is 3.11. The summed E-state index contributed by atoms with van der Waals surface area (Å²) >= 11 is 0. The van der Waals surface area contributed by atoms with Gasteiger partial charge in [0.25, 0.3) is 0 Å². The normalized spacial score (nSPS) is 28.2. The number of rotatable bonds is 2. The van der Waals surface area contributed by atoms with Crippen LogP contribution in [0.3, 0.4) is 0 Å². The Morgan fingerprint density at radius 1 is 1.29 bits per heavy atom. The molecule has 1 saturated heterocycles. The number of carbonyl (C=O) groups is 2. The number of carboxylic acids is 1. The third kappa shape index (κ3) is 2.64. The van der Waals surface area contributed by atoms with E-state index in [1.54, 1.807) is 4.90 Å². The Hall–Kier alpha value is -1.92. The van der Waals surface area contributed by atoms with Crippen LogP contribution >= 0.6 is 0 Å². The molecule has 1 aromatic carbocycles. The van der Waals surface area contributed by atoms with Crippen LogP contribution in [-0.2, 0) is 16.1 Å². The predicted octanol–water partition coefficient (Wildman–Crippen LogP) is -0.0802. The van der Waals surface area contributed by atoms with Gasteiger partial charge in [0.1, 0.15) is 0 Å². The molecule has 2 aliphatic heterocycles. The Balaban J connectivity index is 1.83. The molecule has 3 unspecified atom stereocenters. The molecule has 2 heterocycles. The lowest BCUT2D eigenvalue weighted by atomic mass is 9.89. The maximum atomic E-state index is 12.5. The number of nitrogens with one attached hydrogen (secondary N) is 1. The molecule has 3 atom stereocenters. The first-order valence-corrected chi connectivity index (χ1v) is 7.07. The van der Waals surface area contributed by atoms with Gasteiger partial charge in [0.2, 0.25) is 5.91 Å². The number of hydrogen-bond donors (Lipinski definition) is 3. The van der Waals surface area contributed by atoms with E-state index in [2.05, 4.69) is 5.32 Å². The average Bonchev–Trinajstić information content (AvgIpc) is 2.91. The van der Waals surface area contributed by atoms with E-state index in [1.165, 1.54) is 0 Å². The molecule has 6 nitrogen and oxygen atoms in total. The summed E-state index contributed by atoms with van der Waals surface area (Å²) in [5, 5.41) is 21.9. The monoisotopic (exact) mass is 290 g/mol. The molecule has 0 radical (unpaired) electrons. The Kier molecular flexibility index (Phi) is 3.65. The van der Waals surface area contributed by atoms with Gasteiger partial charge in [-0.3, -0.25) is 9.59 Å². The van der Waals surface area contributed by atoms with Crippen molar-refractivity contribution in [1.29, 1.82) is 0 Å². The smallest absolute Gasteiger partial charge is 0.312 e. The van der Waals surface area contributed by atoms with Crippen LogP contribution in [0, 0.1) is 0 Å². The van der Waals surface area contributed by atoms with Crippen LogP contribution in [0.5, 0.6) is 0 Å². The quantitative estimate of drug-likeness (QED) is 0.709. The van der Waals surface area contributed by atoms with E-state index in [0.717, 1.165) is 11.1 Å². The van der Waals surface area contributed by atoms with E-state index >= 15 is 0 Å². The molecular weight excluding hydrogens is 272 g/mol. The van der Waals surface area contributed by atoms with E-state index in [0.29, 0.717) is 19.5 Å². The van der Waals surface area contributed by atoms with Crippen LogP contribution in [0.2, 0.25) is 0 Å². The van der Waals surface area contributed by atoms with Crippen LogP contribution < -0.4 is 5.32 Å². The van der Waals surface area contributed by atoms with E-state index in [4.69, 9.17) is 0 Å². The first-order valence-electron chi connectivity index (χ1n) is 7.07. The Labute approximate surface area is 122 Å². The number of β-amino-alcohol motifs (C(OH)–C–C–N with tert-alkyl or cyclic N) is 1. The standard InChI is InChI=1S/C15H18N2O4/c18-10-5-13(16-6-10)14(19)17-7-9-3-1-2-4-11(9)12(8-17)15(20)21/h1-4,10,12-13,16,18H,5-8H2,(H,20,21). The van der Waals surface area contributed by atoms with Crippen LogP contribution in [0.1, 0.15) is 23.5 Å². The van der Waals surface area contributed by atoms with Crippen molar-refractivity contribution in [3.05, 3.63) is 35.4 Å². The lowest BCUT2D eigenvalue weighted by molar-refractivity contribution is -0.142. The van der Waals surface area contributed by atoms with Gasteiger partial charge in [-0.15, -0.1) is 0 Å². The number of carboxylic acid groups (broad SMARTS) is 1. The van der Waals surface area contributed by atoms with Gasteiger partial charge in [-0.1, -0.05) is 24.3 Å². The average molecular weight is 290 g/mol. The molecule has 112 valence electrons. The first-order chi connectivity index (χ1) is 10.1. The highest BCUT2D eigenvalue weighted by molar-refractivity contribution is 5.85. The molecule has 0 aromatic heterocycles. The second kappa shape index (κ2) is 5.46. The molecule has 1 fully saturated rings. The zero-order valence-corrected chi connectivity index (χ0v) is 11.5. The minimum atomic E-state index is -0.917. The summed E-state index contributed by atoms with van der Waals surface area (Å²) in [5.74, 6) is -1.74. The summed E-state index contributed by atoms with van der Waals surface area (Å²) in [6.07, 6.45) is -0.124. The highest BCUT2D eigenvalue weighted by Gasteiger charge is 2.37. The van der Waals surface area contributed by atoms with E-state index in [-0.39, 0.29) is 12.5 Å². The van der Waals surface area contributed by atoms with Gasteiger partial charge in [-0.05, 0) is 17.5 Å². The summed E-state index contributed by atoms with van der Waals surface area (Å²) in [5.41, 5.74) is 1.66. The molecule has 1 aromatic rings. The third-order valence-corrected chi connectivity index (χ3v) is 4.21. The zero-order chi connectivity index (χ0) is 15.0. The van der Waals surface area contributed by atoms with Crippen molar-refractivity contribution < 1.29 is 19.8 Å². The molecular formula is C15H18N2O4. The Morgan fingerprint density at radius 3 is 2.71 bits per heavy atom. The topological polar surface area (TPSA) is 89.9 Å². The van der Waals surface area contributed by atoms with Crippen molar-refractivity contribution in [3.63, 3.8) is 0 Å². The molecule has 1 amide bonds. The molecule has 6 heteroatoms. The molecule has 0 bridgehead atoms. The number of amides is 1. The van der Waals surface area contributed by atoms with E-state index in [9.17, 15) is 19.8 Å². The fourth-order valence-corrected chi connectivity index (χ4v) is 3.11. The van der Waals surface area contributed by atoms with Crippen molar-refractivity contribution in [2.45, 2.75) is 31.0 Å². The molecule has 0 aliphatic carbocycles. The summed E-state index contributed by atoms with van der Waals surface area (Å²) < 4.78 is 0. The van der Waals surface area contributed by atoms with E-state index < -0.39 is 24.0 Å². The Bertz CT molecular complexity index is 575. The van der Waals surface area contributed by atoms with Gasteiger partial charge in [0.15, 0.2) is 0 Å². The van der Waals surface area contributed by atoms with Crippen molar-refractivity contribution in [2.75, 3.05) is 13.1 Å². The number of aliphatic hydroxyl groups excluding tert-OH is 1. The number of aliphatic hydroxyl groups is 1. The number of carbonyl (C=O) groups excluding carboxylic acids is 1. The highest BCUT2D eigenvalue weighted by Crippen LogP contribution is 2.29. The number of benzene rings is 1. The first kappa shape index (κ1) is 14.0. The SMILES string of the molecule is O=C(O)C1CN(C(=O)C2CC(O)CN2)Cc2ccccc21.